The highest BCUT2D eigenvalue weighted by atomic mass is 16.7. The lowest BCUT2D eigenvalue weighted by Gasteiger charge is -2.35. The van der Waals surface area contributed by atoms with Crippen LogP contribution in [0.1, 0.15) is 42.7 Å². The average molecular weight is 384 g/mol. The number of ether oxygens (including phenoxy) is 2. The van der Waals surface area contributed by atoms with Crippen molar-refractivity contribution in [2.75, 3.05) is 6.79 Å². The van der Waals surface area contributed by atoms with Gasteiger partial charge in [0, 0.05) is 23.4 Å². The fourth-order valence-electron chi connectivity index (χ4n) is 4.57. The summed E-state index contributed by atoms with van der Waals surface area (Å²) in [5.41, 5.74) is 5.06. The molecule has 5 nitrogen and oxygen atoms in total. The molecule has 0 saturated carbocycles. The fourth-order valence-corrected chi connectivity index (χ4v) is 4.57. The minimum atomic E-state index is -0.380. The number of hydrogen-bond donors (Lipinski definition) is 1. The maximum Gasteiger partial charge on any atom is 0.231 e. The molecule has 2 aliphatic heterocycles. The molecule has 1 aliphatic carbocycles. The molecule has 0 aromatic heterocycles. The van der Waals surface area contributed by atoms with Gasteiger partial charge in [0.05, 0.1) is 17.6 Å². The standard InChI is InChI=1S/C24H20N2O3/c1-14-18(12-25)23(16-7-8-21-22(11-16)29-13-28-21)24-19(26-14)9-17(10-20(24)27)15-5-3-2-4-6-15/h2-8,11,17,23,26H,9-10,13H2,1H3. The van der Waals surface area contributed by atoms with E-state index in [-0.39, 0.29) is 24.4 Å². The molecule has 0 radical (unpaired) electrons. The van der Waals surface area contributed by atoms with E-state index in [2.05, 4.69) is 23.5 Å². The number of nitrogens with one attached hydrogen (secondary N) is 1. The highest BCUT2D eigenvalue weighted by Crippen LogP contribution is 2.46. The fraction of sp³-hybridized carbons (Fsp3) is 0.250. The summed E-state index contributed by atoms with van der Waals surface area (Å²) >= 11 is 0. The Labute approximate surface area is 169 Å². The molecular weight excluding hydrogens is 364 g/mol. The van der Waals surface area contributed by atoms with Crippen molar-refractivity contribution in [3.63, 3.8) is 0 Å². The molecule has 0 spiro atoms. The minimum Gasteiger partial charge on any atom is -0.454 e. The SMILES string of the molecule is CC1=C(C#N)C(c2ccc3c(c2)OCO3)C2=C(CC(c3ccccc3)CC2=O)N1. The molecule has 2 atom stereocenters. The van der Waals surface area contributed by atoms with Gasteiger partial charge in [-0.15, -0.1) is 0 Å². The Morgan fingerprint density at radius 1 is 1.03 bits per heavy atom. The summed E-state index contributed by atoms with van der Waals surface area (Å²) in [7, 11) is 0. The first-order chi connectivity index (χ1) is 14.2. The number of nitrogens with zero attached hydrogens (tertiary/aromatic N) is 1. The van der Waals surface area contributed by atoms with Gasteiger partial charge in [-0.3, -0.25) is 4.79 Å². The van der Waals surface area contributed by atoms with Crippen molar-refractivity contribution in [1.82, 2.24) is 5.32 Å². The molecule has 2 heterocycles. The highest BCUT2D eigenvalue weighted by molar-refractivity contribution is 6.00. The van der Waals surface area contributed by atoms with Gasteiger partial charge in [0.2, 0.25) is 6.79 Å². The van der Waals surface area contributed by atoms with Gasteiger partial charge in [0.15, 0.2) is 17.3 Å². The summed E-state index contributed by atoms with van der Waals surface area (Å²) in [5, 5.41) is 13.2. The van der Waals surface area contributed by atoms with Gasteiger partial charge in [-0.05, 0) is 42.5 Å². The average Bonchev–Trinajstić information content (AvgIpc) is 3.21. The Morgan fingerprint density at radius 3 is 2.62 bits per heavy atom. The van der Waals surface area contributed by atoms with E-state index in [0.717, 1.165) is 23.4 Å². The number of hydrogen-bond acceptors (Lipinski definition) is 5. The number of nitriles is 1. The van der Waals surface area contributed by atoms with Crippen LogP contribution in [0.2, 0.25) is 0 Å². The van der Waals surface area contributed by atoms with Gasteiger partial charge >= 0.3 is 0 Å². The lowest BCUT2D eigenvalue weighted by atomic mass is 9.72. The van der Waals surface area contributed by atoms with E-state index in [1.165, 1.54) is 5.56 Å². The largest absolute Gasteiger partial charge is 0.454 e. The quantitative estimate of drug-likeness (QED) is 0.836. The molecule has 2 aromatic rings. The van der Waals surface area contributed by atoms with E-state index < -0.39 is 0 Å². The molecule has 144 valence electrons. The van der Waals surface area contributed by atoms with E-state index in [1.807, 2.05) is 43.3 Å². The number of benzene rings is 2. The zero-order valence-corrected chi connectivity index (χ0v) is 16.1. The molecule has 0 amide bonds. The zero-order chi connectivity index (χ0) is 20.0. The lowest BCUT2D eigenvalue weighted by Crippen LogP contribution is -2.33. The first kappa shape index (κ1) is 17.6. The molecule has 0 bridgehead atoms. The van der Waals surface area contributed by atoms with Gasteiger partial charge in [0.25, 0.3) is 0 Å². The van der Waals surface area contributed by atoms with Crippen LogP contribution in [0.3, 0.4) is 0 Å². The van der Waals surface area contributed by atoms with Crippen molar-refractivity contribution < 1.29 is 14.3 Å². The normalized spacial score (nSPS) is 22.8. The van der Waals surface area contributed by atoms with Crippen LogP contribution in [-0.4, -0.2) is 12.6 Å². The molecule has 0 saturated heterocycles. The van der Waals surface area contributed by atoms with E-state index in [4.69, 9.17) is 9.47 Å². The predicted molar refractivity (Wildman–Crippen MR) is 107 cm³/mol. The Balaban J connectivity index is 1.59. The third-order valence-corrected chi connectivity index (χ3v) is 5.95. The predicted octanol–water partition coefficient (Wildman–Crippen LogP) is 4.30. The number of carbonyl (C=O) groups excluding carboxylic acids is 1. The van der Waals surface area contributed by atoms with E-state index >= 15 is 0 Å². The van der Waals surface area contributed by atoms with Crippen molar-refractivity contribution >= 4 is 5.78 Å². The van der Waals surface area contributed by atoms with E-state index in [1.54, 1.807) is 0 Å². The number of Topliss-reactive ketones (excluding diaryl/α,β-unsaturated/α-hetero) is 1. The smallest absolute Gasteiger partial charge is 0.231 e. The Kier molecular flexibility index (Phi) is 4.13. The van der Waals surface area contributed by atoms with Gasteiger partial charge in [0.1, 0.15) is 0 Å². The third kappa shape index (κ3) is 2.89. The molecular formula is C24H20N2O3. The summed E-state index contributed by atoms with van der Waals surface area (Å²) in [4.78, 5) is 13.3. The summed E-state index contributed by atoms with van der Waals surface area (Å²) < 4.78 is 10.9. The monoisotopic (exact) mass is 384 g/mol. The number of rotatable bonds is 2. The number of fused-ring (bicyclic) bond motifs is 1. The first-order valence-corrected chi connectivity index (χ1v) is 9.74. The summed E-state index contributed by atoms with van der Waals surface area (Å²) in [6, 6.07) is 18.1. The second-order valence-corrected chi connectivity index (χ2v) is 7.65. The lowest BCUT2D eigenvalue weighted by molar-refractivity contribution is -0.116. The molecule has 3 aliphatic rings. The van der Waals surface area contributed by atoms with Crippen LogP contribution in [0, 0.1) is 11.3 Å². The number of dihydropyridines is 1. The Morgan fingerprint density at radius 2 is 1.83 bits per heavy atom. The zero-order valence-electron chi connectivity index (χ0n) is 16.1. The van der Waals surface area contributed by atoms with Crippen LogP contribution < -0.4 is 14.8 Å². The topological polar surface area (TPSA) is 71.3 Å². The first-order valence-electron chi connectivity index (χ1n) is 9.74. The Hall–Kier alpha value is -3.52. The van der Waals surface area contributed by atoms with Crippen LogP contribution in [0.15, 0.2) is 71.1 Å². The molecule has 29 heavy (non-hydrogen) atoms. The van der Waals surface area contributed by atoms with Crippen LogP contribution in [0.25, 0.3) is 0 Å². The summed E-state index contributed by atoms with van der Waals surface area (Å²) in [6.45, 7) is 2.09. The highest BCUT2D eigenvalue weighted by Gasteiger charge is 2.39. The van der Waals surface area contributed by atoms with Crippen molar-refractivity contribution in [2.24, 2.45) is 0 Å². The second-order valence-electron chi connectivity index (χ2n) is 7.65. The molecule has 2 aromatic carbocycles. The number of carbonyl (C=O) groups is 1. The van der Waals surface area contributed by atoms with Crippen LogP contribution in [0.5, 0.6) is 11.5 Å². The third-order valence-electron chi connectivity index (χ3n) is 5.95. The molecule has 1 N–H and O–H groups in total. The van der Waals surface area contributed by atoms with Crippen molar-refractivity contribution in [3.8, 4) is 17.6 Å². The maximum atomic E-state index is 13.3. The van der Waals surface area contributed by atoms with Gasteiger partial charge < -0.3 is 14.8 Å². The molecule has 5 heteroatoms. The molecule has 0 fully saturated rings. The summed E-state index contributed by atoms with van der Waals surface area (Å²) in [6.07, 6.45) is 1.20. The molecule has 2 unspecified atom stereocenters. The van der Waals surface area contributed by atoms with Crippen molar-refractivity contribution in [3.05, 3.63) is 82.2 Å². The Bertz CT molecular complexity index is 1110. The number of allylic oxidation sites excluding steroid dienone is 4. The number of ketones is 1. The van der Waals surface area contributed by atoms with Crippen molar-refractivity contribution in [2.45, 2.75) is 31.6 Å². The van der Waals surface area contributed by atoms with E-state index in [9.17, 15) is 10.1 Å². The summed E-state index contributed by atoms with van der Waals surface area (Å²) in [5.74, 6) is 1.20. The van der Waals surface area contributed by atoms with Crippen LogP contribution in [-0.2, 0) is 4.79 Å². The minimum absolute atomic E-state index is 0.0931. The van der Waals surface area contributed by atoms with E-state index in [0.29, 0.717) is 29.1 Å². The van der Waals surface area contributed by atoms with Crippen molar-refractivity contribution in [1.29, 1.82) is 5.26 Å². The van der Waals surface area contributed by atoms with Gasteiger partial charge in [-0.1, -0.05) is 36.4 Å². The van der Waals surface area contributed by atoms with Crippen LogP contribution >= 0.6 is 0 Å². The maximum absolute atomic E-state index is 13.3. The molecule has 5 rings (SSSR count). The van der Waals surface area contributed by atoms with Gasteiger partial charge in [-0.2, -0.15) is 5.26 Å². The van der Waals surface area contributed by atoms with Crippen LogP contribution in [0.4, 0.5) is 0 Å². The van der Waals surface area contributed by atoms with Gasteiger partial charge in [-0.25, -0.2) is 0 Å². The second kappa shape index (κ2) is 6.82.